The fourth-order valence-electron chi connectivity index (χ4n) is 2.20. The third-order valence-electron chi connectivity index (χ3n) is 3.13. The van der Waals surface area contributed by atoms with Crippen molar-refractivity contribution in [3.05, 3.63) is 28.2 Å². The molecule has 0 bridgehead atoms. The van der Waals surface area contributed by atoms with Crippen molar-refractivity contribution in [3.63, 3.8) is 0 Å². The molecule has 0 saturated carbocycles. The molecule has 0 spiro atoms. The van der Waals surface area contributed by atoms with Crippen LogP contribution in [-0.2, 0) is 0 Å². The number of hydrogen-bond donors (Lipinski definition) is 1. The number of halogens is 1. The lowest BCUT2D eigenvalue weighted by Crippen LogP contribution is -2.20. The minimum absolute atomic E-state index is 0.237. The Bertz CT molecular complexity index is 377. The van der Waals surface area contributed by atoms with Crippen LogP contribution >= 0.6 is 15.9 Å². The van der Waals surface area contributed by atoms with Crippen molar-refractivity contribution in [1.82, 2.24) is 0 Å². The molecule has 0 aromatic heterocycles. The van der Waals surface area contributed by atoms with Gasteiger partial charge in [0.2, 0.25) is 0 Å². The lowest BCUT2D eigenvalue weighted by Gasteiger charge is -2.32. The highest BCUT2D eigenvalue weighted by atomic mass is 79.9. The van der Waals surface area contributed by atoms with Crippen LogP contribution in [0.3, 0.4) is 0 Å². The number of hydrogen-bond acceptors (Lipinski definition) is 1. The van der Waals surface area contributed by atoms with E-state index in [-0.39, 0.29) is 5.41 Å². The monoisotopic (exact) mass is 298 g/mol. The van der Waals surface area contributed by atoms with Crippen LogP contribution < -0.4 is 0 Å². The maximum atomic E-state index is 9.56. The molecule has 0 aliphatic carbocycles. The Kier molecular flexibility index (Phi) is 4.65. The first-order valence-corrected chi connectivity index (χ1v) is 6.99. The molecule has 0 saturated heterocycles. The fourth-order valence-corrected chi connectivity index (χ4v) is 2.60. The standard InChI is InChI=1S/C15H23BrO/c1-10(2)8-12(15(3,4)5)11-6-7-14(17)13(16)9-11/h6-7,9-10,12,17H,8H2,1-5H3. The zero-order valence-electron chi connectivity index (χ0n) is 11.4. The second kappa shape index (κ2) is 5.43. The molecule has 1 N–H and O–H groups in total. The van der Waals surface area contributed by atoms with E-state index in [1.54, 1.807) is 6.07 Å². The predicted octanol–water partition coefficient (Wildman–Crippen LogP) is 5.33. The van der Waals surface area contributed by atoms with Crippen molar-refractivity contribution >= 4 is 15.9 Å². The van der Waals surface area contributed by atoms with Crippen LogP contribution in [0.5, 0.6) is 5.75 Å². The molecular formula is C15H23BrO. The summed E-state index contributed by atoms with van der Waals surface area (Å²) in [4.78, 5) is 0. The molecule has 1 aromatic rings. The van der Waals surface area contributed by atoms with Crippen LogP contribution in [0.4, 0.5) is 0 Å². The van der Waals surface area contributed by atoms with E-state index in [0.717, 1.165) is 4.47 Å². The van der Waals surface area contributed by atoms with Gasteiger partial charge in [0.1, 0.15) is 5.75 Å². The predicted molar refractivity (Wildman–Crippen MR) is 77.5 cm³/mol. The SMILES string of the molecule is CC(C)CC(c1ccc(O)c(Br)c1)C(C)(C)C. The Labute approximate surface area is 113 Å². The second-order valence-electron chi connectivity index (χ2n) is 6.26. The first kappa shape index (κ1) is 14.6. The maximum absolute atomic E-state index is 9.56. The van der Waals surface area contributed by atoms with E-state index >= 15 is 0 Å². The Morgan fingerprint density at radius 3 is 2.24 bits per heavy atom. The van der Waals surface area contributed by atoms with Gasteiger partial charge in [0.25, 0.3) is 0 Å². The molecule has 96 valence electrons. The minimum atomic E-state index is 0.237. The summed E-state index contributed by atoms with van der Waals surface area (Å²) < 4.78 is 0.785. The van der Waals surface area contributed by atoms with Gasteiger partial charge in [0, 0.05) is 0 Å². The van der Waals surface area contributed by atoms with E-state index in [0.29, 0.717) is 17.6 Å². The summed E-state index contributed by atoms with van der Waals surface area (Å²) in [5, 5.41) is 9.56. The van der Waals surface area contributed by atoms with Gasteiger partial charge < -0.3 is 5.11 Å². The molecule has 0 radical (unpaired) electrons. The summed E-state index contributed by atoms with van der Waals surface area (Å²) in [7, 11) is 0. The Morgan fingerprint density at radius 1 is 1.24 bits per heavy atom. The molecule has 0 fully saturated rings. The first-order valence-electron chi connectivity index (χ1n) is 6.20. The van der Waals surface area contributed by atoms with Crippen molar-refractivity contribution in [1.29, 1.82) is 0 Å². The molecule has 1 nitrogen and oxygen atoms in total. The summed E-state index contributed by atoms with van der Waals surface area (Å²) in [6.07, 6.45) is 1.17. The van der Waals surface area contributed by atoms with Gasteiger partial charge in [0.05, 0.1) is 4.47 Å². The third kappa shape index (κ3) is 4.02. The van der Waals surface area contributed by atoms with Gasteiger partial charge >= 0.3 is 0 Å². The zero-order chi connectivity index (χ0) is 13.2. The largest absolute Gasteiger partial charge is 0.507 e. The van der Waals surface area contributed by atoms with Crippen molar-refractivity contribution < 1.29 is 5.11 Å². The van der Waals surface area contributed by atoms with Crippen molar-refractivity contribution in [2.45, 2.75) is 47.0 Å². The molecule has 0 heterocycles. The normalized spacial score (nSPS) is 14.1. The van der Waals surface area contributed by atoms with Gasteiger partial charge in [-0.2, -0.15) is 0 Å². The zero-order valence-corrected chi connectivity index (χ0v) is 13.0. The lowest BCUT2D eigenvalue weighted by molar-refractivity contribution is 0.279. The number of benzene rings is 1. The number of phenolic OH excluding ortho intramolecular Hbond substituents is 1. The molecular weight excluding hydrogens is 276 g/mol. The smallest absolute Gasteiger partial charge is 0.129 e. The Hall–Kier alpha value is -0.500. The van der Waals surface area contributed by atoms with Crippen LogP contribution in [0.2, 0.25) is 0 Å². The summed E-state index contributed by atoms with van der Waals surface area (Å²) in [5.41, 5.74) is 1.54. The molecule has 1 unspecified atom stereocenters. The average Bonchev–Trinajstić information content (AvgIpc) is 2.17. The van der Waals surface area contributed by atoms with E-state index in [9.17, 15) is 5.11 Å². The molecule has 2 heteroatoms. The first-order chi connectivity index (χ1) is 7.71. The van der Waals surface area contributed by atoms with Gasteiger partial charge in [0.15, 0.2) is 0 Å². The highest BCUT2D eigenvalue weighted by molar-refractivity contribution is 9.10. The van der Waals surface area contributed by atoms with Crippen LogP contribution in [-0.4, -0.2) is 5.11 Å². The van der Waals surface area contributed by atoms with Crippen molar-refractivity contribution in [2.75, 3.05) is 0 Å². The Morgan fingerprint density at radius 2 is 1.82 bits per heavy atom. The number of rotatable bonds is 3. The lowest BCUT2D eigenvalue weighted by atomic mass is 9.72. The number of aromatic hydroxyl groups is 1. The van der Waals surface area contributed by atoms with E-state index in [4.69, 9.17) is 0 Å². The topological polar surface area (TPSA) is 20.2 Å². The molecule has 0 aliphatic heterocycles. The Balaban J connectivity index is 3.09. The summed E-state index contributed by atoms with van der Waals surface area (Å²) in [6.45, 7) is 11.4. The van der Waals surface area contributed by atoms with Crippen LogP contribution in [0.25, 0.3) is 0 Å². The quantitative estimate of drug-likeness (QED) is 0.799. The van der Waals surface area contributed by atoms with Crippen LogP contribution in [0.15, 0.2) is 22.7 Å². The highest BCUT2D eigenvalue weighted by Crippen LogP contribution is 2.41. The molecule has 1 aromatic carbocycles. The maximum Gasteiger partial charge on any atom is 0.129 e. The van der Waals surface area contributed by atoms with E-state index in [1.807, 2.05) is 12.1 Å². The summed E-state index contributed by atoms with van der Waals surface area (Å²) in [5.74, 6) is 1.50. The molecule has 0 aliphatic rings. The van der Waals surface area contributed by atoms with E-state index in [2.05, 4.69) is 50.5 Å². The van der Waals surface area contributed by atoms with Crippen molar-refractivity contribution in [3.8, 4) is 5.75 Å². The van der Waals surface area contributed by atoms with Crippen LogP contribution in [0.1, 0.15) is 52.5 Å². The summed E-state index contributed by atoms with van der Waals surface area (Å²) in [6, 6.07) is 5.87. The van der Waals surface area contributed by atoms with Gasteiger partial charge in [-0.1, -0.05) is 40.7 Å². The molecule has 1 atom stereocenters. The van der Waals surface area contributed by atoms with Crippen LogP contribution in [0, 0.1) is 11.3 Å². The van der Waals surface area contributed by atoms with Gasteiger partial charge in [-0.25, -0.2) is 0 Å². The highest BCUT2D eigenvalue weighted by Gasteiger charge is 2.27. The van der Waals surface area contributed by atoms with Gasteiger partial charge in [-0.3, -0.25) is 0 Å². The average molecular weight is 299 g/mol. The second-order valence-corrected chi connectivity index (χ2v) is 7.11. The van der Waals surface area contributed by atoms with E-state index in [1.165, 1.54) is 12.0 Å². The summed E-state index contributed by atoms with van der Waals surface area (Å²) >= 11 is 3.40. The molecule has 1 rings (SSSR count). The molecule has 0 amide bonds. The third-order valence-corrected chi connectivity index (χ3v) is 3.76. The van der Waals surface area contributed by atoms with Gasteiger partial charge in [-0.15, -0.1) is 0 Å². The fraction of sp³-hybridized carbons (Fsp3) is 0.600. The van der Waals surface area contributed by atoms with Crippen molar-refractivity contribution in [2.24, 2.45) is 11.3 Å². The molecule has 17 heavy (non-hydrogen) atoms. The minimum Gasteiger partial charge on any atom is -0.507 e. The van der Waals surface area contributed by atoms with Gasteiger partial charge in [-0.05, 0) is 57.3 Å². The van der Waals surface area contributed by atoms with E-state index < -0.39 is 0 Å². The number of phenols is 1.